The van der Waals surface area contributed by atoms with Gasteiger partial charge in [0.25, 0.3) is 11.5 Å². The minimum Gasteiger partial charge on any atom is -0.324 e. The van der Waals surface area contributed by atoms with Crippen molar-refractivity contribution in [3.63, 3.8) is 0 Å². The van der Waals surface area contributed by atoms with Crippen LogP contribution in [0, 0.1) is 11.7 Å². The van der Waals surface area contributed by atoms with Crippen LogP contribution in [-0.4, -0.2) is 34.5 Å². The van der Waals surface area contributed by atoms with E-state index in [0.29, 0.717) is 36.6 Å². The molecule has 3 heterocycles. The first-order valence-electron chi connectivity index (χ1n) is 10.9. The van der Waals surface area contributed by atoms with E-state index < -0.39 is 0 Å². The Balaban J connectivity index is 1.39. The zero-order chi connectivity index (χ0) is 22.9. The maximum atomic E-state index is 13.2. The summed E-state index contributed by atoms with van der Waals surface area (Å²) in [6.45, 7) is 1.43. The van der Waals surface area contributed by atoms with Crippen molar-refractivity contribution in [3.8, 4) is 0 Å². The van der Waals surface area contributed by atoms with Crippen LogP contribution in [0.25, 0.3) is 0 Å². The van der Waals surface area contributed by atoms with Gasteiger partial charge in [-0.05, 0) is 54.8 Å². The first-order chi connectivity index (χ1) is 16.0. The zero-order valence-corrected chi connectivity index (χ0v) is 17.8. The SMILES string of the molecule is O=C(Nc1ccc(=O)n2c1C1CC(CN(C(=O)Nc3ccc(F)cc3)C1)C2)c1ccccc1. The summed E-state index contributed by atoms with van der Waals surface area (Å²) >= 11 is 0. The van der Waals surface area contributed by atoms with Crippen LogP contribution in [0.1, 0.15) is 28.4 Å². The van der Waals surface area contributed by atoms with E-state index >= 15 is 0 Å². The third-order valence-electron chi connectivity index (χ3n) is 6.26. The van der Waals surface area contributed by atoms with E-state index in [-0.39, 0.29) is 35.2 Å². The Morgan fingerprint density at radius 3 is 2.39 bits per heavy atom. The molecule has 0 spiro atoms. The van der Waals surface area contributed by atoms with E-state index in [4.69, 9.17) is 0 Å². The smallest absolute Gasteiger partial charge is 0.321 e. The number of hydrogen-bond acceptors (Lipinski definition) is 3. The first kappa shape index (κ1) is 20.9. The van der Waals surface area contributed by atoms with Crippen molar-refractivity contribution in [1.29, 1.82) is 0 Å². The van der Waals surface area contributed by atoms with Gasteiger partial charge in [0.1, 0.15) is 5.82 Å². The summed E-state index contributed by atoms with van der Waals surface area (Å²) in [5, 5.41) is 5.77. The Bertz CT molecular complexity index is 1260. The number of nitrogens with zero attached hydrogens (tertiary/aromatic N) is 2. The Labute approximate surface area is 189 Å². The van der Waals surface area contributed by atoms with Gasteiger partial charge in [-0.2, -0.15) is 0 Å². The van der Waals surface area contributed by atoms with E-state index in [1.165, 1.54) is 30.3 Å². The van der Waals surface area contributed by atoms with Crippen LogP contribution in [0.15, 0.2) is 71.5 Å². The standard InChI is InChI=1S/C25H23FN4O3/c26-19-6-8-20(9-7-19)27-25(33)29-13-16-12-18(15-29)23-21(10-11-22(31)30(23)14-16)28-24(32)17-4-2-1-3-5-17/h1-11,16,18H,12-15H2,(H,27,33)(H,28,32). The minimum atomic E-state index is -0.368. The number of nitrogens with one attached hydrogen (secondary N) is 2. The van der Waals surface area contributed by atoms with E-state index in [9.17, 15) is 18.8 Å². The molecule has 2 unspecified atom stereocenters. The number of urea groups is 1. The fourth-order valence-electron chi connectivity index (χ4n) is 4.81. The summed E-state index contributed by atoms with van der Waals surface area (Å²) in [4.78, 5) is 40.0. The summed E-state index contributed by atoms with van der Waals surface area (Å²) in [7, 11) is 0. The monoisotopic (exact) mass is 446 g/mol. The second-order valence-electron chi connectivity index (χ2n) is 8.54. The number of fused-ring (bicyclic) bond motifs is 4. The number of rotatable bonds is 3. The first-order valence-corrected chi connectivity index (χ1v) is 10.9. The van der Waals surface area contributed by atoms with Gasteiger partial charge in [-0.25, -0.2) is 9.18 Å². The number of amides is 3. The van der Waals surface area contributed by atoms with Gasteiger partial charge in [-0.15, -0.1) is 0 Å². The van der Waals surface area contributed by atoms with Crippen molar-refractivity contribution in [2.45, 2.75) is 18.9 Å². The molecule has 5 rings (SSSR count). The molecule has 2 bridgehead atoms. The molecule has 0 aliphatic carbocycles. The summed E-state index contributed by atoms with van der Waals surface area (Å²) in [6.07, 6.45) is 0.831. The van der Waals surface area contributed by atoms with Gasteiger partial charge in [-0.1, -0.05) is 18.2 Å². The second kappa shape index (κ2) is 8.54. The molecule has 3 aromatic rings. The Morgan fingerprint density at radius 2 is 1.64 bits per heavy atom. The van der Waals surface area contributed by atoms with Gasteiger partial charge < -0.3 is 20.1 Å². The molecule has 168 valence electrons. The average Bonchev–Trinajstić information content (AvgIpc) is 2.82. The van der Waals surface area contributed by atoms with Gasteiger partial charge >= 0.3 is 6.03 Å². The summed E-state index contributed by atoms with van der Waals surface area (Å²) < 4.78 is 14.9. The Hall–Kier alpha value is -3.94. The highest BCUT2D eigenvalue weighted by Crippen LogP contribution is 2.38. The van der Waals surface area contributed by atoms with Crippen LogP contribution in [-0.2, 0) is 6.54 Å². The lowest BCUT2D eigenvalue weighted by molar-refractivity contribution is 0.102. The molecule has 1 saturated heterocycles. The van der Waals surface area contributed by atoms with Crippen molar-refractivity contribution in [3.05, 3.63) is 94.2 Å². The number of benzene rings is 2. The molecule has 33 heavy (non-hydrogen) atoms. The van der Waals surface area contributed by atoms with Gasteiger partial charge in [0, 0.05) is 48.6 Å². The number of hydrogen-bond donors (Lipinski definition) is 2. The molecular weight excluding hydrogens is 423 g/mol. The fourth-order valence-corrected chi connectivity index (χ4v) is 4.81. The third kappa shape index (κ3) is 4.24. The molecule has 2 N–H and O–H groups in total. The zero-order valence-electron chi connectivity index (χ0n) is 17.8. The summed E-state index contributed by atoms with van der Waals surface area (Å²) in [5.41, 5.74) is 2.28. The lowest BCUT2D eigenvalue weighted by atomic mass is 9.82. The van der Waals surface area contributed by atoms with E-state index in [2.05, 4.69) is 10.6 Å². The number of piperidine rings is 1. The van der Waals surface area contributed by atoms with Gasteiger partial charge in [0.05, 0.1) is 5.69 Å². The van der Waals surface area contributed by atoms with Crippen molar-refractivity contribution >= 4 is 23.3 Å². The molecule has 2 aliphatic heterocycles. The van der Waals surface area contributed by atoms with Gasteiger partial charge in [0.15, 0.2) is 0 Å². The van der Waals surface area contributed by atoms with Crippen molar-refractivity contribution in [2.24, 2.45) is 5.92 Å². The highest BCUT2D eigenvalue weighted by atomic mass is 19.1. The van der Waals surface area contributed by atoms with Crippen molar-refractivity contribution < 1.29 is 14.0 Å². The molecule has 1 fully saturated rings. The van der Waals surface area contributed by atoms with Crippen LogP contribution in [0.3, 0.4) is 0 Å². The molecule has 8 heteroatoms. The summed E-state index contributed by atoms with van der Waals surface area (Å²) in [6, 6.07) is 17.4. The van der Waals surface area contributed by atoms with Crippen LogP contribution in [0.2, 0.25) is 0 Å². The predicted octanol–water partition coefficient (Wildman–Crippen LogP) is 3.89. The maximum absolute atomic E-state index is 13.2. The fraction of sp³-hybridized carbons (Fsp3) is 0.240. The minimum absolute atomic E-state index is 0.0866. The molecule has 3 amide bonds. The number of likely N-dealkylation sites (tertiary alicyclic amines) is 1. The van der Waals surface area contributed by atoms with E-state index in [1.807, 2.05) is 6.07 Å². The quantitative estimate of drug-likeness (QED) is 0.640. The highest BCUT2D eigenvalue weighted by molar-refractivity contribution is 6.04. The van der Waals surface area contributed by atoms with Crippen molar-refractivity contribution in [2.75, 3.05) is 23.7 Å². The van der Waals surface area contributed by atoms with Crippen LogP contribution in [0.4, 0.5) is 20.6 Å². The topological polar surface area (TPSA) is 83.4 Å². The van der Waals surface area contributed by atoms with Crippen LogP contribution in [0.5, 0.6) is 0 Å². The van der Waals surface area contributed by atoms with Crippen molar-refractivity contribution in [1.82, 2.24) is 9.47 Å². The molecule has 2 aromatic carbocycles. The second-order valence-corrected chi connectivity index (χ2v) is 8.54. The maximum Gasteiger partial charge on any atom is 0.321 e. The number of anilines is 2. The molecule has 2 aliphatic rings. The normalized spacial score (nSPS) is 18.9. The van der Waals surface area contributed by atoms with Crippen LogP contribution < -0.4 is 16.2 Å². The molecule has 0 saturated carbocycles. The Morgan fingerprint density at radius 1 is 0.879 bits per heavy atom. The Kier molecular flexibility index (Phi) is 5.42. The molecule has 2 atom stereocenters. The van der Waals surface area contributed by atoms with Gasteiger partial charge in [-0.3, -0.25) is 9.59 Å². The highest BCUT2D eigenvalue weighted by Gasteiger charge is 2.38. The molecule has 7 nitrogen and oxygen atoms in total. The molecular formula is C25H23FN4O3. The number of aromatic nitrogens is 1. The van der Waals surface area contributed by atoms with E-state index in [0.717, 1.165) is 12.1 Å². The number of halogens is 1. The third-order valence-corrected chi connectivity index (χ3v) is 6.26. The van der Waals surface area contributed by atoms with Crippen LogP contribution >= 0.6 is 0 Å². The lowest BCUT2D eigenvalue weighted by Crippen LogP contribution is -2.50. The molecule has 1 aromatic heterocycles. The number of carbonyl (C=O) groups is 2. The predicted molar refractivity (Wildman–Crippen MR) is 123 cm³/mol. The van der Waals surface area contributed by atoms with E-state index in [1.54, 1.807) is 39.8 Å². The number of pyridine rings is 1. The summed E-state index contributed by atoms with van der Waals surface area (Å²) in [5.74, 6) is -0.571. The number of carbonyl (C=O) groups excluding carboxylic acids is 2. The average molecular weight is 446 g/mol. The largest absolute Gasteiger partial charge is 0.324 e. The van der Waals surface area contributed by atoms with Gasteiger partial charge in [0.2, 0.25) is 0 Å². The molecule has 0 radical (unpaired) electrons. The lowest BCUT2D eigenvalue weighted by Gasteiger charge is -2.43.